The molecule has 8 heteroatoms. The van der Waals surface area contributed by atoms with Gasteiger partial charge in [0.2, 0.25) is 5.91 Å². The lowest BCUT2D eigenvalue weighted by Gasteiger charge is -2.08. The molecule has 4 rings (SSSR count). The van der Waals surface area contributed by atoms with Crippen molar-refractivity contribution in [3.8, 4) is 10.8 Å². The Morgan fingerprint density at radius 3 is 2.86 bits per heavy atom. The Balaban J connectivity index is 1.44. The van der Waals surface area contributed by atoms with Crippen LogP contribution in [0.4, 0.5) is 5.69 Å². The number of hydrogen-bond acceptors (Lipinski definition) is 6. The summed E-state index contributed by atoms with van der Waals surface area (Å²) in [5.41, 5.74) is 2.92. The number of hydrogen-bond donors (Lipinski definition) is 1. The van der Waals surface area contributed by atoms with Crippen molar-refractivity contribution in [1.29, 1.82) is 0 Å². The molecule has 1 amide bonds. The van der Waals surface area contributed by atoms with E-state index in [-0.39, 0.29) is 11.7 Å². The molecule has 0 aliphatic rings. The van der Waals surface area contributed by atoms with E-state index in [4.69, 9.17) is 16.0 Å². The number of aryl methyl sites for hydroxylation is 2. The van der Waals surface area contributed by atoms with Crippen LogP contribution in [0.3, 0.4) is 0 Å². The SMILES string of the molecule is Cc1ccc(C)c(NC(=O)CSc2nnc(-c3sc4ccccc4c3Cl)o2)c1. The van der Waals surface area contributed by atoms with Crippen LogP contribution in [-0.2, 0) is 4.79 Å². The van der Waals surface area contributed by atoms with Crippen LogP contribution >= 0.6 is 34.7 Å². The maximum Gasteiger partial charge on any atom is 0.277 e. The topological polar surface area (TPSA) is 68.0 Å². The summed E-state index contributed by atoms with van der Waals surface area (Å²) in [6.45, 7) is 3.95. The number of carbonyl (C=O) groups excluding carboxylic acids is 1. The van der Waals surface area contributed by atoms with Gasteiger partial charge in [-0.25, -0.2) is 0 Å². The molecule has 0 aliphatic carbocycles. The Morgan fingerprint density at radius 2 is 2.04 bits per heavy atom. The molecule has 5 nitrogen and oxygen atoms in total. The van der Waals surface area contributed by atoms with Gasteiger partial charge < -0.3 is 9.73 Å². The number of thioether (sulfide) groups is 1. The van der Waals surface area contributed by atoms with E-state index in [2.05, 4.69) is 15.5 Å². The first kappa shape index (κ1) is 19.0. The highest BCUT2D eigenvalue weighted by Crippen LogP contribution is 2.41. The van der Waals surface area contributed by atoms with E-state index in [1.807, 2.05) is 56.3 Å². The largest absolute Gasteiger partial charge is 0.410 e. The quantitative estimate of drug-likeness (QED) is 0.397. The second-order valence-electron chi connectivity index (χ2n) is 6.27. The van der Waals surface area contributed by atoms with Crippen LogP contribution in [0.5, 0.6) is 0 Å². The number of anilines is 1. The summed E-state index contributed by atoms with van der Waals surface area (Å²) >= 11 is 9.16. The fraction of sp³-hybridized carbons (Fsp3) is 0.150. The highest BCUT2D eigenvalue weighted by atomic mass is 35.5. The van der Waals surface area contributed by atoms with E-state index in [0.717, 1.165) is 31.8 Å². The molecule has 2 aromatic carbocycles. The highest BCUT2D eigenvalue weighted by Gasteiger charge is 2.18. The number of amides is 1. The Morgan fingerprint density at radius 1 is 1.21 bits per heavy atom. The Hall–Kier alpha value is -2.35. The molecule has 0 saturated carbocycles. The maximum atomic E-state index is 12.3. The van der Waals surface area contributed by atoms with Gasteiger partial charge >= 0.3 is 0 Å². The molecule has 0 saturated heterocycles. The predicted octanol–water partition coefficient (Wildman–Crippen LogP) is 5.95. The van der Waals surface area contributed by atoms with Gasteiger partial charge in [0.05, 0.1) is 10.8 Å². The van der Waals surface area contributed by atoms with Crippen molar-refractivity contribution in [2.75, 3.05) is 11.1 Å². The van der Waals surface area contributed by atoms with Crippen molar-refractivity contribution in [3.05, 3.63) is 58.6 Å². The van der Waals surface area contributed by atoms with Gasteiger partial charge in [0, 0.05) is 15.8 Å². The fourth-order valence-corrected chi connectivity index (χ4v) is 4.69. The minimum atomic E-state index is -0.127. The molecule has 0 unspecified atom stereocenters. The second kappa shape index (κ2) is 7.95. The van der Waals surface area contributed by atoms with Crippen molar-refractivity contribution in [3.63, 3.8) is 0 Å². The van der Waals surface area contributed by atoms with Crippen LogP contribution in [0.15, 0.2) is 52.1 Å². The van der Waals surface area contributed by atoms with Crippen molar-refractivity contribution < 1.29 is 9.21 Å². The lowest BCUT2D eigenvalue weighted by molar-refractivity contribution is -0.113. The Bertz CT molecular complexity index is 1170. The second-order valence-corrected chi connectivity index (χ2v) is 8.63. The monoisotopic (exact) mass is 429 g/mol. The van der Waals surface area contributed by atoms with E-state index >= 15 is 0 Å². The summed E-state index contributed by atoms with van der Waals surface area (Å²) in [4.78, 5) is 13.0. The van der Waals surface area contributed by atoms with E-state index in [0.29, 0.717) is 16.1 Å². The number of benzene rings is 2. The van der Waals surface area contributed by atoms with Gasteiger partial charge in [-0.1, -0.05) is 53.7 Å². The zero-order valence-corrected chi connectivity index (χ0v) is 17.5. The third-order valence-electron chi connectivity index (χ3n) is 4.13. The van der Waals surface area contributed by atoms with Crippen molar-refractivity contribution >= 4 is 56.4 Å². The minimum absolute atomic E-state index is 0.127. The van der Waals surface area contributed by atoms with E-state index in [9.17, 15) is 4.79 Å². The smallest absolute Gasteiger partial charge is 0.277 e. The summed E-state index contributed by atoms with van der Waals surface area (Å²) < 4.78 is 6.77. The molecule has 0 radical (unpaired) electrons. The average Bonchev–Trinajstić information content (AvgIpc) is 3.28. The third-order valence-corrected chi connectivity index (χ3v) is 6.61. The van der Waals surface area contributed by atoms with Gasteiger partial charge in [-0.15, -0.1) is 21.5 Å². The highest BCUT2D eigenvalue weighted by molar-refractivity contribution is 7.99. The third kappa shape index (κ3) is 3.92. The molecule has 28 heavy (non-hydrogen) atoms. The standard InChI is InChI=1S/C20H16ClN3O2S2/c1-11-7-8-12(2)14(9-11)22-16(25)10-27-20-24-23-19(26-20)18-17(21)13-5-3-4-6-15(13)28-18/h3-9H,10H2,1-2H3,(H,22,25). The first-order chi connectivity index (χ1) is 13.5. The van der Waals surface area contributed by atoms with E-state index in [1.165, 1.54) is 23.1 Å². The van der Waals surface area contributed by atoms with Crippen molar-refractivity contribution in [2.45, 2.75) is 19.1 Å². The summed E-state index contributed by atoms with van der Waals surface area (Å²) in [5, 5.41) is 12.9. The number of nitrogens with one attached hydrogen (secondary N) is 1. The number of thiophene rings is 1. The van der Waals surface area contributed by atoms with Gasteiger partial charge in [-0.3, -0.25) is 4.79 Å². The van der Waals surface area contributed by atoms with Gasteiger partial charge in [-0.05, 0) is 37.1 Å². The first-order valence-electron chi connectivity index (χ1n) is 8.52. The molecule has 4 aromatic rings. The Labute approximate surface area is 175 Å². The van der Waals surface area contributed by atoms with Gasteiger partial charge in [-0.2, -0.15) is 0 Å². The number of halogens is 1. The van der Waals surface area contributed by atoms with E-state index in [1.54, 1.807) is 0 Å². The van der Waals surface area contributed by atoms with Crippen molar-refractivity contribution in [2.24, 2.45) is 0 Å². The number of carbonyl (C=O) groups is 1. The lowest BCUT2D eigenvalue weighted by atomic mass is 10.1. The number of rotatable bonds is 5. The Kier molecular flexibility index (Phi) is 5.39. The molecular weight excluding hydrogens is 414 g/mol. The molecule has 1 N–H and O–H groups in total. The summed E-state index contributed by atoms with van der Waals surface area (Å²) in [5.74, 6) is 0.414. The van der Waals surface area contributed by atoms with Crippen molar-refractivity contribution in [1.82, 2.24) is 10.2 Å². The molecule has 0 spiro atoms. The van der Waals surface area contributed by atoms with Crippen LogP contribution in [-0.4, -0.2) is 21.9 Å². The molecule has 142 valence electrons. The average molecular weight is 430 g/mol. The summed E-state index contributed by atoms with van der Waals surface area (Å²) in [6.07, 6.45) is 0. The number of fused-ring (bicyclic) bond motifs is 1. The van der Waals surface area contributed by atoms with Crippen LogP contribution in [0.1, 0.15) is 11.1 Å². The molecule has 0 atom stereocenters. The predicted molar refractivity (Wildman–Crippen MR) is 115 cm³/mol. The molecule has 2 aromatic heterocycles. The minimum Gasteiger partial charge on any atom is -0.410 e. The van der Waals surface area contributed by atoms with Gasteiger partial charge in [0.1, 0.15) is 4.88 Å². The number of aromatic nitrogens is 2. The zero-order chi connectivity index (χ0) is 19.7. The summed E-state index contributed by atoms with van der Waals surface area (Å²) in [6, 6.07) is 13.8. The summed E-state index contributed by atoms with van der Waals surface area (Å²) in [7, 11) is 0. The maximum absolute atomic E-state index is 12.3. The van der Waals surface area contributed by atoms with Crippen LogP contribution in [0, 0.1) is 13.8 Å². The lowest BCUT2D eigenvalue weighted by Crippen LogP contribution is -2.14. The molecule has 2 heterocycles. The van der Waals surface area contributed by atoms with E-state index < -0.39 is 0 Å². The van der Waals surface area contributed by atoms with Crippen LogP contribution in [0.25, 0.3) is 20.9 Å². The first-order valence-corrected chi connectivity index (χ1v) is 10.7. The molecular formula is C20H16ClN3O2S2. The normalized spacial score (nSPS) is 11.1. The van der Waals surface area contributed by atoms with Crippen LogP contribution in [0.2, 0.25) is 5.02 Å². The van der Waals surface area contributed by atoms with Gasteiger partial charge in [0.25, 0.3) is 11.1 Å². The zero-order valence-electron chi connectivity index (χ0n) is 15.2. The van der Waals surface area contributed by atoms with Gasteiger partial charge in [0.15, 0.2) is 0 Å². The molecule has 0 bridgehead atoms. The molecule has 0 fully saturated rings. The van der Waals surface area contributed by atoms with Crippen LogP contribution < -0.4 is 5.32 Å². The molecule has 0 aliphatic heterocycles. The number of nitrogens with zero attached hydrogens (tertiary/aromatic N) is 2. The fourth-order valence-electron chi connectivity index (χ4n) is 2.70.